The second-order valence-electron chi connectivity index (χ2n) is 5.58. The number of rotatable bonds is 2. The van der Waals surface area contributed by atoms with E-state index < -0.39 is 0 Å². The molecule has 4 nitrogen and oxygen atoms in total. The maximum atomic E-state index is 12.5. The van der Waals surface area contributed by atoms with E-state index in [0.29, 0.717) is 18.5 Å². The summed E-state index contributed by atoms with van der Waals surface area (Å²) in [5.41, 5.74) is 6.83. The zero-order valence-corrected chi connectivity index (χ0v) is 11.5. The Kier molecular flexibility index (Phi) is 3.76. The van der Waals surface area contributed by atoms with Crippen LogP contribution in [0.25, 0.3) is 0 Å². The van der Waals surface area contributed by atoms with Crippen molar-refractivity contribution in [1.29, 1.82) is 0 Å². The number of piperidine rings is 1. The predicted octanol–water partition coefficient (Wildman–Crippen LogP) is 1.88. The molecule has 2 atom stereocenters. The van der Waals surface area contributed by atoms with Crippen LogP contribution in [0.2, 0.25) is 0 Å². The topological polar surface area (TPSA) is 51.3 Å². The monoisotopic (exact) mass is 249 g/mol. The smallest absolute Gasteiger partial charge is 0.270 e. The second-order valence-corrected chi connectivity index (χ2v) is 5.58. The van der Waals surface area contributed by atoms with Gasteiger partial charge < -0.3 is 15.2 Å². The van der Waals surface area contributed by atoms with Gasteiger partial charge in [0.15, 0.2) is 0 Å². The lowest BCUT2D eigenvalue weighted by molar-refractivity contribution is 0.0660. The molecule has 0 aliphatic carbocycles. The Balaban J connectivity index is 2.14. The van der Waals surface area contributed by atoms with Crippen LogP contribution >= 0.6 is 0 Å². The minimum atomic E-state index is 0.102. The number of likely N-dealkylation sites (tertiary alicyclic amines) is 1. The van der Waals surface area contributed by atoms with E-state index in [2.05, 4.69) is 20.8 Å². The fraction of sp³-hybridized carbons (Fsp3) is 0.643. The van der Waals surface area contributed by atoms with Crippen LogP contribution in [0.3, 0.4) is 0 Å². The van der Waals surface area contributed by atoms with Crippen LogP contribution in [-0.2, 0) is 0 Å². The highest BCUT2D eigenvalue weighted by molar-refractivity contribution is 5.93. The van der Waals surface area contributed by atoms with Crippen LogP contribution in [0.15, 0.2) is 18.3 Å². The van der Waals surface area contributed by atoms with Crippen LogP contribution in [-0.4, -0.2) is 34.5 Å². The van der Waals surface area contributed by atoms with Gasteiger partial charge in [0.05, 0.1) is 0 Å². The van der Waals surface area contributed by atoms with Gasteiger partial charge in [0.1, 0.15) is 5.69 Å². The summed E-state index contributed by atoms with van der Waals surface area (Å²) in [6.07, 6.45) is 2.96. The lowest BCUT2D eigenvalue weighted by Gasteiger charge is -2.35. The summed E-state index contributed by atoms with van der Waals surface area (Å²) in [5, 5.41) is 0. The van der Waals surface area contributed by atoms with Crippen molar-refractivity contribution in [3.05, 3.63) is 24.0 Å². The summed E-state index contributed by atoms with van der Waals surface area (Å²) in [6.45, 7) is 7.81. The SMILES string of the molecule is CC1CCN(C(=O)c2cccn2C(C)C)CC1N. The van der Waals surface area contributed by atoms with Gasteiger partial charge in [-0.25, -0.2) is 0 Å². The third-order valence-electron chi connectivity index (χ3n) is 3.86. The first-order valence-corrected chi connectivity index (χ1v) is 6.72. The van der Waals surface area contributed by atoms with Gasteiger partial charge in [0.25, 0.3) is 5.91 Å². The molecule has 100 valence electrons. The Bertz CT molecular complexity index is 424. The summed E-state index contributed by atoms with van der Waals surface area (Å²) in [7, 11) is 0. The van der Waals surface area contributed by atoms with E-state index in [1.807, 2.05) is 27.8 Å². The highest BCUT2D eigenvalue weighted by atomic mass is 16.2. The minimum absolute atomic E-state index is 0.102. The van der Waals surface area contributed by atoms with Gasteiger partial charge in [0.2, 0.25) is 0 Å². The Labute approximate surface area is 109 Å². The Hall–Kier alpha value is -1.29. The molecule has 1 amide bonds. The van der Waals surface area contributed by atoms with E-state index >= 15 is 0 Å². The van der Waals surface area contributed by atoms with Gasteiger partial charge in [-0.3, -0.25) is 4.79 Å². The van der Waals surface area contributed by atoms with Crippen molar-refractivity contribution in [2.45, 2.75) is 39.3 Å². The first-order valence-electron chi connectivity index (χ1n) is 6.72. The van der Waals surface area contributed by atoms with E-state index in [9.17, 15) is 4.79 Å². The maximum Gasteiger partial charge on any atom is 0.270 e. The molecule has 2 heterocycles. The fourth-order valence-electron chi connectivity index (χ4n) is 2.47. The largest absolute Gasteiger partial charge is 0.341 e. The van der Waals surface area contributed by atoms with Crippen molar-refractivity contribution in [3.63, 3.8) is 0 Å². The number of amides is 1. The van der Waals surface area contributed by atoms with E-state index in [1.165, 1.54) is 0 Å². The lowest BCUT2D eigenvalue weighted by atomic mass is 9.94. The standard InChI is InChI=1S/C14H23N3O/c1-10(2)17-7-4-5-13(17)14(18)16-8-6-11(3)12(15)9-16/h4-5,7,10-12H,6,8-9,15H2,1-3H3. The molecule has 1 aliphatic rings. The molecule has 0 spiro atoms. The third-order valence-corrected chi connectivity index (χ3v) is 3.86. The number of aromatic nitrogens is 1. The van der Waals surface area contributed by atoms with Crippen molar-refractivity contribution in [2.75, 3.05) is 13.1 Å². The van der Waals surface area contributed by atoms with E-state index in [0.717, 1.165) is 18.7 Å². The number of hydrogen-bond acceptors (Lipinski definition) is 2. The summed E-state index contributed by atoms with van der Waals surface area (Å²) in [6, 6.07) is 4.23. The van der Waals surface area contributed by atoms with E-state index in [1.54, 1.807) is 0 Å². The summed E-state index contributed by atoms with van der Waals surface area (Å²) in [4.78, 5) is 14.4. The number of hydrogen-bond donors (Lipinski definition) is 1. The van der Waals surface area contributed by atoms with Crippen molar-refractivity contribution < 1.29 is 4.79 Å². The summed E-state index contributed by atoms with van der Waals surface area (Å²) < 4.78 is 2.02. The molecule has 0 saturated carbocycles. The number of nitrogens with zero attached hydrogens (tertiary/aromatic N) is 2. The maximum absolute atomic E-state index is 12.5. The summed E-state index contributed by atoms with van der Waals surface area (Å²) in [5.74, 6) is 0.613. The third kappa shape index (κ3) is 2.43. The van der Waals surface area contributed by atoms with Crippen LogP contribution in [0, 0.1) is 5.92 Å². The molecular formula is C14H23N3O. The Morgan fingerprint density at radius 1 is 1.50 bits per heavy atom. The van der Waals surface area contributed by atoms with Crippen molar-refractivity contribution >= 4 is 5.91 Å². The molecule has 1 saturated heterocycles. The first kappa shape index (κ1) is 13.1. The zero-order chi connectivity index (χ0) is 13.3. The lowest BCUT2D eigenvalue weighted by Crippen LogP contribution is -2.50. The predicted molar refractivity (Wildman–Crippen MR) is 72.5 cm³/mol. The summed E-state index contributed by atoms with van der Waals surface area (Å²) >= 11 is 0. The van der Waals surface area contributed by atoms with Crippen molar-refractivity contribution in [3.8, 4) is 0 Å². The van der Waals surface area contributed by atoms with Crippen LogP contribution < -0.4 is 5.73 Å². The molecule has 1 aromatic rings. The molecule has 0 aromatic carbocycles. The van der Waals surface area contributed by atoms with Crippen LogP contribution in [0.1, 0.15) is 43.7 Å². The highest BCUT2D eigenvalue weighted by Crippen LogP contribution is 2.19. The number of carbonyl (C=O) groups is 1. The Morgan fingerprint density at radius 2 is 2.22 bits per heavy atom. The van der Waals surface area contributed by atoms with Crippen molar-refractivity contribution in [2.24, 2.45) is 11.7 Å². The van der Waals surface area contributed by atoms with E-state index in [4.69, 9.17) is 5.73 Å². The molecule has 18 heavy (non-hydrogen) atoms. The molecule has 4 heteroatoms. The van der Waals surface area contributed by atoms with Gasteiger partial charge in [-0.15, -0.1) is 0 Å². The molecule has 2 unspecified atom stereocenters. The quantitative estimate of drug-likeness (QED) is 0.870. The molecule has 2 rings (SSSR count). The van der Waals surface area contributed by atoms with Crippen molar-refractivity contribution in [1.82, 2.24) is 9.47 Å². The van der Waals surface area contributed by atoms with Gasteiger partial charge in [-0.05, 0) is 38.3 Å². The minimum Gasteiger partial charge on any atom is -0.341 e. The molecular weight excluding hydrogens is 226 g/mol. The molecule has 1 fully saturated rings. The zero-order valence-electron chi connectivity index (χ0n) is 11.5. The fourth-order valence-corrected chi connectivity index (χ4v) is 2.47. The van der Waals surface area contributed by atoms with Gasteiger partial charge >= 0.3 is 0 Å². The Morgan fingerprint density at radius 3 is 2.83 bits per heavy atom. The van der Waals surface area contributed by atoms with Gasteiger partial charge in [-0.2, -0.15) is 0 Å². The average Bonchev–Trinajstić information content (AvgIpc) is 2.81. The first-order chi connectivity index (χ1) is 8.50. The molecule has 0 radical (unpaired) electrons. The number of carbonyl (C=O) groups excluding carboxylic acids is 1. The number of nitrogens with two attached hydrogens (primary N) is 1. The average molecular weight is 249 g/mol. The highest BCUT2D eigenvalue weighted by Gasteiger charge is 2.28. The normalized spacial score (nSPS) is 24.6. The molecule has 1 aliphatic heterocycles. The molecule has 0 bridgehead atoms. The van der Waals surface area contributed by atoms with Crippen LogP contribution in [0.5, 0.6) is 0 Å². The van der Waals surface area contributed by atoms with Gasteiger partial charge in [0, 0.05) is 31.4 Å². The van der Waals surface area contributed by atoms with E-state index in [-0.39, 0.29) is 11.9 Å². The molecule has 2 N–H and O–H groups in total. The second kappa shape index (κ2) is 5.14. The molecule has 1 aromatic heterocycles. The van der Waals surface area contributed by atoms with Crippen LogP contribution in [0.4, 0.5) is 0 Å². The van der Waals surface area contributed by atoms with Gasteiger partial charge in [-0.1, -0.05) is 6.92 Å².